The van der Waals surface area contributed by atoms with Crippen LogP contribution in [0.4, 0.5) is 0 Å². The van der Waals surface area contributed by atoms with Gasteiger partial charge in [-0.3, -0.25) is 4.57 Å². The zero-order chi connectivity index (χ0) is 11.5. The van der Waals surface area contributed by atoms with Gasteiger partial charge >= 0.3 is 13.6 Å². The molecular weight excluding hydrogens is 223 g/mol. The van der Waals surface area contributed by atoms with Gasteiger partial charge in [-0.05, 0) is 13.0 Å². The second-order valence-corrected chi connectivity index (χ2v) is 4.49. The van der Waals surface area contributed by atoms with E-state index in [0.29, 0.717) is 0 Å². The molecule has 0 radical (unpaired) electrons. The van der Waals surface area contributed by atoms with E-state index in [1.807, 2.05) is 0 Å². The summed E-state index contributed by atoms with van der Waals surface area (Å²) < 4.78 is 20.1. The zero-order valence-electron chi connectivity index (χ0n) is 8.04. The fourth-order valence-electron chi connectivity index (χ4n) is 0.988. The predicted octanol–water partition coefficient (Wildman–Crippen LogP) is 1.13. The van der Waals surface area contributed by atoms with Crippen molar-refractivity contribution in [2.45, 2.75) is 13.1 Å². The lowest BCUT2D eigenvalue weighted by atomic mass is 10.3. The highest BCUT2D eigenvalue weighted by atomic mass is 31.2. The topological polar surface area (TPSA) is 97.0 Å². The van der Waals surface area contributed by atoms with Gasteiger partial charge in [0.15, 0.2) is 0 Å². The summed E-state index contributed by atoms with van der Waals surface area (Å²) in [4.78, 5) is 28.5. The highest BCUT2D eigenvalue weighted by molar-refractivity contribution is 7.50. The molecule has 84 valence electrons. The summed E-state index contributed by atoms with van der Waals surface area (Å²) in [5.41, 5.74) is 0.153. The number of furan rings is 1. The lowest BCUT2D eigenvalue weighted by molar-refractivity contribution is 0.0525. The first-order chi connectivity index (χ1) is 6.92. The van der Waals surface area contributed by atoms with Crippen LogP contribution in [0.25, 0.3) is 0 Å². The monoisotopic (exact) mass is 234 g/mol. The second kappa shape index (κ2) is 4.61. The molecule has 6 nitrogen and oxygen atoms in total. The van der Waals surface area contributed by atoms with Gasteiger partial charge in [0.05, 0.1) is 12.2 Å². The molecule has 0 aliphatic heterocycles. The van der Waals surface area contributed by atoms with Crippen molar-refractivity contribution in [2.24, 2.45) is 0 Å². The van der Waals surface area contributed by atoms with Crippen LogP contribution in [0.3, 0.4) is 0 Å². The molecule has 0 aliphatic rings. The summed E-state index contributed by atoms with van der Waals surface area (Å²) in [7, 11) is -4.17. The van der Waals surface area contributed by atoms with Gasteiger partial charge in [0.2, 0.25) is 0 Å². The zero-order valence-corrected chi connectivity index (χ0v) is 8.94. The summed E-state index contributed by atoms with van der Waals surface area (Å²) in [5, 5.41) is 0. The van der Waals surface area contributed by atoms with Crippen LogP contribution >= 0.6 is 7.60 Å². The molecule has 0 atom stereocenters. The van der Waals surface area contributed by atoms with Crippen LogP contribution in [-0.2, 0) is 15.5 Å². The second-order valence-electron chi connectivity index (χ2n) is 2.84. The van der Waals surface area contributed by atoms with Crippen molar-refractivity contribution in [3.05, 3.63) is 23.7 Å². The van der Waals surface area contributed by atoms with E-state index in [2.05, 4.69) is 4.74 Å². The van der Waals surface area contributed by atoms with E-state index in [1.165, 1.54) is 6.07 Å². The van der Waals surface area contributed by atoms with Gasteiger partial charge in [0.25, 0.3) is 0 Å². The van der Waals surface area contributed by atoms with Crippen LogP contribution < -0.4 is 0 Å². The first-order valence-corrected chi connectivity index (χ1v) is 6.01. The van der Waals surface area contributed by atoms with Crippen molar-refractivity contribution in [1.29, 1.82) is 0 Å². The highest BCUT2D eigenvalue weighted by Crippen LogP contribution is 2.39. The molecular formula is C8H11O6P. The van der Waals surface area contributed by atoms with Gasteiger partial charge in [-0.2, -0.15) is 0 Å². The van der Waals surface area contributed by atoms with Gasteiger partial charge in [0, 0.05) is 0 Å². The predicted molar refractivity (Wildman–Crippen MR) is 50.4 cm³/mol. The Kier molecular flexibility index (Phi) is 3.68. The van der Waals surface area contributed by atoms with E-state index in [4.69, 9.17) is 14.2 Å². The standard InChI is InChI=1S/C8H11O6P/c1-2-13-8(9)6-3-7(14-4-6)5-15(10,11)12/h3-4H,2,5H2,1H3,(H2,10,11,12). The molecule has 7 heteroatoms. The van der Waals surface area contributed by atoms with Crippen molar-refractivity contribution in [1.82, 2.24) is 0 Å². The molecule has 0 bridgehead atoms. The molecule has 1 aromatic heterocycles. The minimum absolute atomic E-state index is 0.0615. The molecule has 1 rings (SSSR count). The number of rotatable bonds is 4. The largest absolute Gasteiger partial charge is 0.468 e. The molecule has 1 aromatic rings. The van der Waals surface area contributed by atoms with Crippen LogP contribution in [0.1, 0.15) is 23.0 Å². The van der Waals surface area contributed by atoms with Crippen molar-refractivity contribution < 1.29 is 28.3 Å². The van der Waals surface area contributed by atoms with Crippen molar-refractivity contribution >= 4 is 13.6 Å². The van der Waals surface area contributed by atoms with Gasteiger partial charge in [-0.25, -0.2) is 4.79 Å². The maximum Gasteiger partial charge on any atom is 0.341 e. The lowest BCUT2D eigenvalue weighted by Gasteiger charge is -1.98. The first-order valence-electron chi connectivity index (χ1n) is 4.21. The SMILES string of the molecule is CCOC(=O)c1coc(CP(=O)(O)O)c1. The molecule has 0 aromatic carbocycles. The number of hydrogen-bond donors (Lipinski definition) is 2. The van der Waals surface area contributed by atoms with Crippen molar-refractivity contribution in [3.8, 4) is 0 Å². The summed E-state index contributed by atoms with van der Waals surface area (Å²) in [5.74, 6) is -0.510. The summed E-state index contributed by atoms with van der Waals surface area (Å²) in [6.07, 6.45) is 0.593. The Morgan fingerprint density at radius 2 is 2.27 bits per heavy atom. The normalized spacial score (nSPS) is 11.4. The number of carbonyl (C=O) groups excluding carboxylic acids is 1. The average Bonchev–Trinajstić information content (AvgIpc) is 2.50. The van der Waals surface area contributed by atoms with Crippen LogP contribution in [0.2, 0.25) is 0 Å². The van der Waals surface area contributed by atoms with E-state index in [-0.39, 0.29) is 17.9 Å². The van der Waals surface area contributed by atoms with E-state index >= 15 is 0 Å². The molecule has 0 saturated heterocycles. The van der Waals surface area contributed by atoms with E-state index < -0.39 is 19.7 Å². The van der Waals surface area contributed by atoms with Gasteiger partial charge in [-0.15, -0.1) is 0 Å². The van der Waals surface area contributed by atoms with Gasteiger partial charge in [-0.1, -0.05) is 0 Å². The molecule has 0 aliphatic carbocycles. The average molecular weight is 234 g/mol. The Morgan fingerprint density at radius 1 is 1.60 bits per heavy atom. The Balaban J connectivity index is 2.72. The van der Waals surface area contributed by atoms with Crippen LogP contribution in [-0.4, -0.2) is 22.4 Å². The molecule has 0 amide bonds. The third kappa shape index (κ3) is 3.87. The molecule has 0 unspecified atom stereocenters. The molecule has 1 heterocycles. The van der Waals surface area contributed by atoms with E-state index in [9.17, 15) is 9.36 Å². The smallest absolute Gasteiger partial charge is 0.341 e. The maximum absolute atomic E-state index is 11.1. The first kappa shape index (κ1) is 12.0. The number of hydrogen-bond acceptors (Lipinski definition) is 4. The van der Waals surface area contributed by atoms with E-state index in [1.54, 1.807) is 6.92 Å². The summed E-state index contributed by atoms with van der Waals surface area (Å²) in [6, 6.07) is 1.26. The third-order valence-corrected chi connectivity index (χ3v) is 2.25. The fraction of sp³-hybridized carbons (Fsp3) is 0.375. The van der Waals surface area contributed by atoms with Gasteiger partial charge in [0.1, 0.15) is 18.2 Å². The summed E-state index contributed by atoms with van der Waals surface area (Å²) in [6.45, 7) is 1.90. The van der Waals surface area contributed by atoms with Crippen LogP contribution in [0.15, 0.2) is 16.7 Å². The van der Waals surface area contributed by atoms with Crippen LogP contribution in [0.5, 0.6) is 0 Å². The number of carbonyl (C=O) groups is 1. The minimum Gasteiger partial charge on any atom is -0.468 e. The Labute approximate surface area is 86.0 Å². The molecule has 0 saturated carbocycles. The third-order valence-electron chi connectivity index (χ3n) is 1.53. The lowest BCUT2D eigenvalue weighted by Crippen LogP contribution is -2.02. The summed E-state index contributed by atoms with van der Waals surface area (Å²) >= 11 is 0. The molecule has 2 N–H and O–H groups in total. The number of ether oxygens (including phenoxy) is 1. The fourth-order valence-corrected chi connectivity index (χ4v) is 1.56. The Bertz CT molecular complexity index is 390. The molecule has 0 spiro atoms. The van der Waals surface area contributed by atoms with E-state index in [0.717, 1.165) is 6.26 Å². The van der Waals surface area contributed by atoms with Crippen LogP contribution in [0, 0.1) is 0 Å². The van der Waals surface area contributed by atoms with Crippen molar-refractivity contribution in [3.63, 3.8) is 0 Å². The maximum atomic E-state index is 11.1. The Morgan fingerprint density at radius 3 is 2.80 bits per heavy atom. The van der Waals surface area contributed by atoms with Gasteiger partial charge < -0.3 is 18.9 Å². The van der Waals surface area contributed by atoms with Crippen molar-refractivity contribution in [2.75, 3.05) is 6.61 Å². The quantitative estimate of drug-likeness (QED) is 0.598. The molecule has 15 heavy (non-hydrogen) atoms. The number of esters is 1. The Hall–Kier alpha value is -1.10. The minimum atomic E-state index is -4.17. The highest BCUT2D eigenvalue weighted by Gasteiger charge is 2.19. The molecule has 0 fully saturated rings.